The minimum Gasteiger partial charge on any atom is -0.494 e. The predicted molar refractivity (Wildman–Crippen MR) is 121 cm³/mol. The molecule has 160 valence electrons. The highest BCUT2D eigenvalue weighted by Gasteiger charge is 2.18. The third-order valence-electron chi connectivity index (χ3n) is 4.86. The van der Waals surface area contributed by atoms with Crippen LogP contribution in [0.15, 0.2) is 24.3 Å². The molecule has 1 amide bonds. The van der Waals surface area contributed by atoms with E-state index in [-0.39, 0.29) is 12.3 Å². The highest BCUT2D eigenvalue weighted by atomic mass is 32.1. The molecule has 31 heavy (non-hydrogen) atoms. The predicted octanol–water partition coefficient (Wildman–Crippen LogP) is 4.09. The van der Waals surface area contributed by atoms with Gasteiger partial charge in [-0.25, -0.2) is 19.6 Å². The van der Waals surface area contributed by atoms with E-state index in [0.717, 1.165) is 44.3 Å². The van der Waals surface area contributed by atoms with Crippen molar-refractivity contribution >= 4 is 32.6 Å². The first-order chi connectivity index (χ1) is 14.8. The van der Waals surface area contributed by atoms with Crippen LogP contribution < -0.4 is 10.1 Å². The van der Waals surface area contributed by atoms with Crippen LogP contribution >= 0.6 is 11.3 Å². The zero-order valence-electron chi connectivity index (χ0n) is 18.2. The second kappa shape index (κ2) is 8.43. The minimum absolute atomic E-state index is 0.142. The van der Waals surface area contributed by atoms with E-state index in [4.69, 9.17) is 4.74 Å². The van der Waals surface area contributed by atoms with E-state index in [0.29, 0.717) is 17.7 Å². The monoisotopic (exact) mass is 436 g/mol. The number of anilines is 1. The van der Waals surface area contributed by atoms with Crippen molar-refractivity contribution in [2.24, 2.45) is 0 Å². The molecule has 0 saturated carbocycles. The number of nitrogens with zero attached hydrogens (tertiary/aromatic N) is 5. The number of aryl methyl sites for hydroxylation is 3. The lowest BCUT2D eigenvalue weighted by Gasteiger charge is -2.06. The highest BCUT2D eigenvalue weighted by Crippen LogP contribution is 2.29. The van der Waals surface area contributed by atoms with Gasteiger partial charge in [0.15, 0.2) is 5.13 Å². The Balaban J connectivity index is 1.54. The summed E-state index contributed by atoms with van der Waals surface area (Å²) < 4.78 is 8.20. The SMILES string of the molecule is CCOc1ccc2nc(NC(=O)Cc3c(C)nn(-c4nc(C)cc(C)n4)c3C)sc2c1. The fourth-order valence-corrected chi connectivity index (χ4v) is 4.38. The zero-order valence-corrected chi connectivity index (χ0v) is 19.0. The number of rotatable bonds is 6. The van der Waals surface area contributed by atoms with Gasteiger partial charge in [-0.15, -0.1) is 0 Å². The average molecular weight is 437 g/mol. The number of carbonyl (C=O) groups is 1. The Morgan fingerprint density at radius 3 is 2.55 bits per heavy atom. The molecule has 0 aliphatic heterocycles. The fraction of sp³-hybridized carbons (Fsp3) is 0.318. The van der Waals surface area contributed by atoms with Crippen molar-refractivity contribution < 1.29 is 9.53 Å². The first-order valence-corrected chi connectivity index (χ1v) is 10.9. The van der Waals surface area contributed by atoms with Crippen LogP contribution in [0.3, 0.4) is 0 Å². The number of hydrogen-bond acceptors (Lipinski definition) is 7. The van der Waals surface area contributed by atoms with Crippen LogP contribution in [0.5, 0.6) is 5.75 Å². The molecule has 0 atom stereocenters. The number of fused-ring (bicyclic) bond motifs is 1. The summed E-state index contributed by atoms with van der Waals surface area (Å²) in [7, 11) is 0. The molecule has 9 heteroatoms. The maximum absolute atomic E-state index is 12.7. The van der Waals surface area contributed by atoms with Gasteiger partial charge in [-0.2, -0.15) is 5.10 Å². The van der Waals surface area contributed by atoms with Crippen molar-refractivity contribution in [2.45, 2.75) is 41.0 Å². The molecule has 0 fully saturated rings. The molecular formula is C22H24N6O2S. The summed E-state index contributed by atoms with van der Waals surface area (Å²) in [6, 6.07) is 7.63. The molecule has 1 aromatic carbocycles. The summed E-state index contributed by atoms with van der Waals surface area (Å²) in [5, 5.41) is 8.05. The van der Waals surface area contributed by atoms with E-state index in [2.05, 4.69) is 25.4 Å². The maximum Gasteiger partial charge on any atom is 0.251 e. The molecular weight excluding hydrogens is 412 g/mol. The molecule has 0 spiro atoms. The van der Waals surface area contributed by atoms with E-state index in [9.17, 15) is 4.79 Å². The van der Waals surface area contributed by atoms with Crippen molar-refractivity contribution in [3.63, 3.8) is 0 Å². The summed E-state index contributed by atoms with van der Waals surface area (Å²) in [4.78, 5) is 26.2. The van der Waals surface area contributed by atoms with Crippen molar-refractivity contribution in [1.29, 1.82) is 0 Å². The second-order valence-electron chi connectivity index (χ2n) is 7.32. The molecule has 1 N–H and O–H groups in total. The van der Waals surface area contributed by atoms with Gasteiger partial charge in [-0.05, 0) is 58.9 Å². The first kappa shape index (κ1) is 20.9. The van der Waals surface area contributed by atoms with Crippen LogP contribution in [-0.2, 0) is 11.2 Å². The normalized spacial score (nSPS) is 11.1. The standard InChI is InChI=1S/C22H24N6O2S/c1-6-30-16-7-8-18-19(10-16)31-22(25-18)26-20(29)11-17-14(4)27-28(15(17)5)21-23-12(2)9-13(3)24-21/h7-10H,6,11H2,1-5H3,(H,25,26,29). The number of hydrogen-bond donors (Lipinski definition) is 1. The lowest BCUT2D eigenvalue weighted by atomic mass is 10.1. The van der Waals surface area contributed by atoms with E-state index in [1.165, 1.54) is 11.3 Å². The molecule has 0 aliphatic carbocycles. The Morgan fingerprint density at radius 2 is 1.84 bits per heavy atom. The molecule has 3 heterocycles. The average Bonchev–Trinajstić information content (AvgIpc) is 3.22. The number of ether oxygens (including phenoxy) is 1. The number of carbonyl (C=O) groups excluding carboxylic acids is 1. The van der Waals surface area contributed by atoms with Gasteiger partial charge >= 0.3 is 0 Å². The van der Waals surface area contributed by atoms with Crippen LogP contribution in [0.1, 0.15) is 35.3 Å². The molecule has 0 saturated heterocycles. The highest BCUT2D eigenvalue weighted by molar-refractivity contribution is 7.22. The van der Waals surface area contributed by atoms with Crippen molar-refractivity contribution in [3.05, 3.63) is 52.6 Å². The number of benzene rings is 1. The van der Waals surface area contributed by atoms with Crippen LogP contribution in [0.2, 0.25) is 0 Å². The summed E-state index contributed by atoms with van der Waals surface area (Å²) in [5.74, 6) is 1.17. The molecule has 0 unspecified atom stereocenters. The first-order valence-electron chi connectivity index (χ1n) is 10.0. The molecule has 3 aromatic heterocycles. The molecule has 0 radical (unpaired) electrons. The smallest absolute Gasteiger partial charge is 0.251 e. The number of thiazole rings is 1. The zero-order chi connectivity index (χ0) is 22.1. The van der Waals surface area contributed by atoms with Crippen LogP contribution in [0, 0.1) is 27.7 Å². The topological polar surface area (TPSA) is 94.8 Å². The molecule has 0 bridgehead atoms. The van der Waals surface area contributed by atoms with Gasteiger partial charge in [0.2, 0.25) is 5.91 Å². The number of amides is 1. The number of nitrogens with one attached hydrogen (secondary N) is 1. The lowest BCUT2D eigenvalue weighted by Crippen LogP contribution is -2.15. The van der Waals surface area contributed by atoms with Crippen molar-refractivity contribution in [3.8, 4) is 11.7 Å². The lowest BCUT2D eigenvalue weighted by molar-refractivity contribution is -0.115. The third-order valence-corrected chi connectivity index (χ3v) is 5.79. The van der Waals surface area contributed by atoms with Gasteiger partial charge in [0.25, 0.3) is 5.95 Å². The van der Waals surface area contributed by atoms with Crippen LogP contribution in [0.25, 0.3) is 16.2 Å². The third kappa shape index (κ3) is 4.41. The Bertz CT molecular complexity index is 1260. The van der Waals surface area contributed by atoms with E-state index in [1.807, 2.05) is 58.9 Å². The molecule has 8 nitrogen and oxygen atoms in total. The Morgan fingerprint density at radius 1 is 1.10 bits per heavy atom. The quantitative estimate of drug-likeness (QED) is 0.489. The van der Waals surface area contributed by atoms with Gasteiger partial charge < -0.3 is 10.1 Å². The van der Waals surface area contributed by atoms with Crippen molar-refractivity contribution in [2.75, 3.05) is 11.9 Å². The van der Waals surface area contributed by atoms with Crippen LogP contribution in [-0.4, -0.2) is 37.2 Å². The van der Waals surface area contributed by atoms with Gasteiger partial charge in [-0.1, -0.05) is 11.3 Å². The number of aromatic nitrogens is 5. The largest absolute Gasteiger partial charge is 0.494 e. The molecule has 4 rings (SSSR count). The Labute approximate surface area is 184 Å². The van der Waals surface area contributed by atoms with E-state index < -0.39 is 0 Å². The van der Waals surface area contributed by atoms with Crippen molar-refractivity contribution in [1.82, 2.24) is 24.7 Å². The maximum atomic E-state index is 12.7. The Hall–Kier alpha value is -3.33. The van der Waals surface area contributed by atoms with E-state index >= 15 is 0 Å². The van der Waals surface area contributed by atoms with Gasteiger partial charge in [0.05, 0.1) is 28.9 Å². The summed E-state index contributed by atoms with van der Waals surface area (Å²) in [6.45, 7) is 10.2. The van der Waals surface area contributed by atoms with E-state index in [1.54, 1.807) is 4.68 Å². The molecule has 4 aromatic rings. The summed E-state index contributed by atoms with van der Waals surface area (Å²) in [5.41, 5.74) is 5.07. The second-order valence-corrected chi connectivity index (χ2v) is 8.35. The Kier molecular flexibility index (Phi) is 5.69. The minimum atomic E-state index is -0.142. The summed E-state index contributed by atoms with van der Waals surface area (Å²) >= 11 is 1.43. The fourth-order valence-electron chi connectivity index (χ4n) is 3.47. The van der Waals surface area contributed by atoms with Gasteiger partial charge in [-0.3, -0.25) is 4.79 Å². The van der Waals surface area contributed by atoms with Crippen LogP contribution in [0.4, 0.5) is 5.13 Å². The van der Waals surface area contributed by atoms with Gasteiger partial charge in [0, 0.05) is 22.6 Å². The molecule has 0 aliphatic rings. The summed E-state index contributed by atoms with van der Waals surface area (Å²) in [6.07, 6.45) is 0.197. The van der Waals surface area contributed by atoms with Gasteiger partial charge in [0.1, 0.15) is 5.75 Å².